The topological polar surface area (TPSA) is 116 Å². The number of Topliss-reactive ketones (excluding diaryl/α,β-unsaturated/α-hetero) is 1. The van der Waals surface area contributed by atoms with Crippen LogP contribution in [0.15, 0.2) is 24.3 Å². The molecule has 0 bridgehead atoms. The van der Waals surface area contributed by atoms with E-state index in [1.807, 2.05) is 6.92 Å². The standard InChI is InChI=1S/C24H31ClO8/c1-11-7-8-17(31-14(4)26)23(6)10-9-16(28)12(2)18(23)20(32-15(5)27)24(30)13(3)22(29)33-21(24)19(11)25/h7-8,12-13,17-21,30H,1,9-10H2,2-6H3. The second kappa shape index (κ2) is 8.87. The number of carbonyl (C=O) groups excluding carboxylic acids is 4. The average molecular weight is 483 g/mol. The number of halogens is 1. The highest BCUT2D eigenvalue weighted by molar-refractivity contribution is 6.23. The minimum atomic E-state index is -2.05. The normalized spacial score (nSPS) is 43.2. The first-order valence-corrected chi connectivity index (χ1v) is 11.5. The van der Waals surface area contributed by atoms with Crippen molar-refractivity contribution in [2.45, 2.75) is 76.8 Å². The highest BCUT2D eigenvalue weighted by Crippen LogP contribution is 2.55. The quantitative estimate of drug-likeness (QED) is 0.362. The predicted octanol–water partition coefficient (Wildman–Crippen LogP) is 2.50. The maximum Gasteiger partial charge on any atom is 0.312 e. The molecule has 1 heterocycles. The molecule has 1 saturated heterocycles. The molecule has 1 aliphatic heterocycles. The second-order valence-corrected chi connectivity index (χ2v) is 10.1. The van der Waals surface area contributed by atoms with Crippen molar-refractivity contribution in [1.82, 2.24) is 0 Å². The summed E-state index contributed by atoms with van der Waals surface area (Å²) in [5.74, 6) is -4.61. The Labute approximate surface area is 198 Å². The first-order chi connectivity index (χ1) is 15.2. The van der Waals surface area contributed by atoms with Crippen LogP contribution in [0.2, 0.25) is 0 Å². The third-order valence-corrected chi connectivity index (χ3v) is 8.10. The Morgan fingerprint density at radius 2 is 1.82 bits per heavy atom. The summed E-state index contributed by atoms with van der Waals surface area (Å²) in [7, 11) is 0. The summed E-state index contributed by atoms with van der Waals surface area (Å²) in [6.07, 6.45) is 0.302. The molecule has 33 heavy (non-hydrogen) atoms. The van der Waals surface area contributed by atoms with E-state index in [-0.39, 0.29) is 12.2 Å². The Balaban J connectivity index is 2.33. The minimum absolute atomic E-state index is 0.0814. The Morgan fingerprint density at radius 1 is 1.21 bits per heavy atom. The molecule has 2 aliphatic carbocycles. The number of hydrogen-bond donors (Lipinski definition) is 1. The predicted molar refractivity (Wildman–Crippen MR) is 118 cm³/mol. The van der Waals surface area contributed by atoms with Crippen LogP contribution in [0, 0.1) is 23.2 Å². The van der Waals surface area contributed by atoms with Crippen LogP contribution < -0.4 is 0 Å². The van der Waals surface area contributed by atoms with Crippen LogP contribution in [-0.2, 0) is 33.4 Å². The second-order valence-electron chi connectivity index (χ2n) is 9.65. The van der Waals surface area contributed by atoms with E-state index in [0.717, 1.165) is 0 Å². The van der Waals surface area contributed by atoms with Crippen molar-refractivity contribution in [3.8, 4) is 0 Å². The number of carbonyl (C=O) groups is 4. The number of rotatable bonds is 2. The van der Waals surface area contributed by atoms with E-state index < -0.39 is 70.4 Å². The van der Waals surface area contributed by atoms with Gasteiger partial charge in [-0.15, -0.1) is 11.6 Å². The first kappa shape index (κ1) is 25.4. The maximum atomic E-state index is 12.9. The zero-order chi connectivity index (χ0) is 24.9. The molecule has 9 unspecified atom stereocenters. The molecule has 0 spiro atoms. The van der Waals surface area contributed by atoms with Crippen LogP contribution in [0.5, 0.6) is 0 Å². The van der Waals surface area contributed by atoms with Crippen LogP contribution in [0.3, 0.4) is 0 Å². The number of allylic oxidation sites excluding steroid dienone is 1. The lowest BCUT2D eigenvalue weighted by molar-refractivity contribution is -0.214. The van der Waals surface area contributed by atoms with Crippen molar-refractivity contribution in [1.29, 1.82) is 0 Å². The molecule has 2 fully saturated rings. The molecule has 0 aromatic rings. The molecule has 0 amide bonds. The molecule has 0 radical (unpaired) electrons. The van der Waals surface area contributed by atoms with Gasteiger partial charge in [0.25, 0.3) is 0 Å². The monoisotopic (exact) mass is 482 g/mol. The third kappa shape index (κ3) is 4.12. The minimum Gasteiger partial charge on any atom is -0.459 e. The van der Waals surface area contributed by atoms with Crippen LogP contribution in [0.1, 0.15) is 47.5 Å². The summed E-state index contributed by atoms with van der Waals surface area (Å²) < 4.78 is 16.9. The Morgan fingerprint density at radius 3 is 2.39 bits per heavy atom. The molecular weight excluding hydrogens is 452 g/mol. The molecule has 1 N–H and O–H groups in total. The SMILES string of the molecule is C=C1C=CC(OC(C)=O)C2(C)CCC(=O)C(C)C2C(OC(C)=O)C2(O)C(C)C(=O)OC2C1Cl. The van der Waals surface area contributed by atoms with Gasteiger partial charge in [0, 0.05) is 37.5 Å². The van der Waals surface area contributed by atoms with Gasteiger partial charge in [-0.25, -0.2) is 0 Å². The van der Waals surface area contributed by atoms with Gasteiger partial charge in [0.2, 0.25) is 0 Å². The van der Waals surface area contributed by atoms with Crippen molar-refractivity contribution in [3.05, 3.63) is 24.3 Å². The Bertz CT molecular complexity index is 912. The molecule has 3 aliphatic rings. The molecule has 1 saturated carbocycles. The zero-order valence-corrected chi connectivity index (χ0v) is 20.3. The summed E-state index contributed by atoms with van der Waals surface area (Å²) in [5.41, 5.74) is -2.66. The van der Waals surface area contributed by atoms with Gasteiger partial charge in [-0.1, -0.05) is 26.5 Å². The molecule has 3 rings (SSSR count). The number of ether oxygens (including phenoxy) is 3. The van der Waals surface area contributed by atoms with Crippen LogP contribution in [0.4, 0.5) is 0 Å². The van der Waals surface area contributed by atoms with E-state index in [9.17, 15) is 24.3 Å². The summed E-state index contributed by atoms with van der Waals surface area (Å²) in [5, 5.41) is 11.0. The molecular formula is C24H31ClO8. The van der Waals surface area contributed by atoms with E-state index in [1.54, 1.807) is 19.1 Å². The fraction of sp³-hybridized carbons (Fsp3) is 0.667. The highest BCUT2D eigenvalue weighted by Gasteiger charge is 2.68. The number of aliphatic hydroxyl groups is 1. The molecule has 9 atom stereocenters. The average Bonchev–Trinajstić information content (AvgIpc) is 2.96. The highest BCUT2D eigenvalue weighted by atomic mass is 35.5. The molecule has 8 nitrogen and oxygen atoms in total. The van der Waals surface area contributed by atoms with Gasteiger partial charge in [-0.2, -0.15) is 0 Å². The Hall–Kier alpha value is -2.19. The Kier molecular flexibility index (Phi) is 6.84. The van der Waals surface area contributed by atoms with E-state index in [4.69, 9.17) is 25.8 Å². The van der Waals surface area contributed by atoms with Gasteiger partial charge in [0.1, 0.15) is 18.0 Å². The van der Waals surface area contributed by atoms with E-state index >= 15 is 0 Å². The van der Waals surface area contributed by atoms with Gasteiger partial charge in [0.05, 0.1) is 11.3 Å². The van der Waals surface area contributed by atoms with Crippen molar-refractivity contribution < 1.29 is 38.5 Å². The lowest BCUT2D eigenvalue weighted by Gasteiger charge is -2.54. The number of esters is 3. The van der Waals surface area contributed by atoms with Gasteiger partial charge >= 0.3 is 17.9 Å². The lowest BCUT2D eigenvalue weighted by atomic mass is 9.54. The van der Waals surface area contributed by atoms with Gasteiger partial charge in [-0.3, -0.25) is 19.2 Å². The smallest absolute Gasteiger partial charge is 0.312 e. The summed E-state index contributed by atoms with van der Waals surface area (Å²) in [6, 6.07) is 0. The van der Waals surface area contributed by atoms with Crippen LogP contribution >= 0.6 is 11.6 Å². The molecule has 0 aromatic heterocycles. The molecule has 9 heteroatoms. The van der Waals surface area contributed by atoms with Gasteiger partial charge in [-0.05, 0) is 25.0 Å². The number of alkyl halides is 1. The fourth-order valence-corrected chi connectivity index (χ4v) is 5.99. The lowest BCUT2D eigenvalue weighted by Crippen LogP contribution is -2.66. The van der Waals surface area contributed by atoms with E-state index in [2.05, 4.69) is 6.58 Å². The largest absolute Gasteiger partial charge is 0.459 e. The summed E-state index contributed by atoms with van der Waals surface area (Å²) >= 11 is 6.62. The van der Waals surface area contributed by atoms with Crippen molar-refractivity contribution in [2.75, 3.05) is 0 Å². The van der Waals surface area contributed by atoms with Gasteiger partial charge in [0.15, 0.2) is 11.7 Å². The van der Waals surface area contributed by atoms with Crippen LogP contribution in [-0.4, -0.2) is 58.1 Å². The van der Waals surface area contributed by atoms with Crippen molar-refractivity contribution in [2.24, 2.45) is 23.2 Å². The van der Waals surface area contributed by atoms with Gasteiger partial charge < -0.3 is 19.3 Å². The molecule has 0 aromatic carbocycles. The first-order valence-electron chi connectivity index (χ1n) is 11.1. The van der Waals surface area contributed by atoms with Crippen LogP contribution in [0.25, 0.3) is 0 Å². The molecule has 182 valence electrons. The van der Waals surface area contributed by atoms with E-state index in [1.165, 1.54) is 20.8 Å². The maximum absolute atomic E-state index is 12.9. The summed E-state index contributed by atoms with van der Waals surface area (Å²) in [6.45, 7) is 11.4. The third-order valence-electron chi connectivity index (χ3n) is 7.59. The van der Waals surface area contributed by atoms with Crippen molar-refractivity contribution >= 4 is 35.3 Å². The van der Waals surface area contributed by atoms with Crippen molar-refractivity contribution in [3.63, 3.8) is 0 Å². The number of fused-ring (bicyclic) bond motifs is 2. The summed E-state index contributed by atoms with van der Waals surface area (Å²) in [4.78, 5) is 49.8. The number of ketones is 1. The number of hydrogen-bond acceptors (Lipinski definition) is 8. The fourth-order valence-electron chi connectivity index (χ4n) is 5.66. The zero-order valence-electron chi connectivity index (χ0n) is 19.5. The van der Waals surface area contributed by atoms with E-state index in [0.29, 0.717) is 12.0 Å².